The molecule has 2 aromatic heterocycles. The van der Waals surface area contributed by atoms with Gasteiger partial charge in [-0.3, -0.25) is 4.79 Å². The SMILES string of the molecule is CC(C)(C)NS(=O)(=O)c1ccc(C(=O)NCc2ccc(S(N)(=O)=O)s2)o1. The van der Waals surface area contributed by atoms with Gasteiger partial charge >= 0.3 is 0 Å². The average Bonchev–Trinajstić information content (AvgIpc) is 3.11. The van der Waals surface area contributed by atoms with Crippen molar-refractivity contribution in [2.45, 2.75) is 42.2 Å². The van der Waals surface area contributed by atoms with Crippen molar-refractivity contribution in [2.24, 2.45) is 5.14 Å². The first kappa shape index (κ1) is 20.6. The molecule has 0 saturated carbocycles. The molecule has 4 N–H and O–H groups in total. The zero-order chi connectivity index (χ0) is 19.8. The summed E-state index contributed by atoms with van der Waals surface area (Å²) in [5.41, 5.74) is -0.700. The lowest BCUT2D eigenvalue weighted by Gasteiger charge is -2.18. The summed E-state index contributed by atoms with van der Waals surface area (Å²) in [4.78, 5) is 12.7. The van der Waals surface area contributed by atoms with Crippen molar-refractivity contribution in [1.29, 1.82) is 0 Å². The molecule has 0 aliphatic carbocycles. The van der Waals surface area contributed by atoms with Gasteiger partial charge in [0.25, 0.3) is 15.9 Å². The number of nitrogens with two attached hydrogens (primary N) is 1. The summed E-state index contributed by atoms with van der Waals surface area (Å²) in [7, 11) is -7.67. The van der Waals surface area contributed by atoms with Crippen molar-refractivity contribution in [2.75, 3.05) is 0 Å². The van der Waals surface area contributed by atoms with Crippen LogP contribution in [0.1, 0.15) is 36.2 Å². The van der Waals surface area contributed by atoms with Crippen molar-refractivity contribution >= 4 is 37.3 Å². The predicted molar refractivity (Wildman–Crippen MR) is 95.6 cm³/mol. The van der Waals surface area contributed by atoms with Crippen LogP contribution in [0.4, 0.5) is 0 Å². The van der Waals surface area contributed by atoms with E-state index in [2.05, 4.69) is 10.0 Å². The molecule has 2 rings (SSSR count). The van der Waals surface area contributed by atoms with Gasteiger partial charge < -0.3 is 9.73 Å². The molecule has 0 aliphatic rings. The standard InChI is InChI=1S/C14H19N3O6S3/c1-14(2,3)17-26(21,22)11-6-5-10(23-11)13(18)16-8-9-4-7-12(24-9)25(15,19)20/h4-7,17H,8H2,1-3H3,(H,16,18)(H2,15,19,20). The summed E-state index contributed by atoms with van der Waals surface area (Å²) in [5, 5.41) is 7.17. The third-order valence-electron chi connectivity index (χ3n) is 2.85. The number of carbonyl (C=O) groups excluding carboxylic acids is 1. The molecule has 0 unspecified atom stereocenters. The number of nitrogens with one attached hydrogen (secondary N) is 2. The number of amides is 1. The number of rotatable bonds is 6. The van der Waals surface area contributed by atoms with Crippen LogP contribution in [0.25, 0.3) is 0 Å². The summed E-state index contributed by atoms with van der Waals surface area (Å²) in [5.74, 6) is -0.810. The van der Waals surface area contributed by atoms with Gasteiger partial charge in [0.15, 0.2) is 5.76 Å². The third kappa shape index (κ3) is 5.38. The Morgan fingerprint density at radius 3 is 2.35 bits per heavy atom. The van der Waals surface area contributed by atoms with E-state index in [1.807, 2.05) is 0 Å². The topological polar surface area (TPSA) is 149 Å². The van der Waals surface area contributed by atoms with E-state index in [0.29, 0.717) is 4.88 Å². The van der Waals surface area contributed by atoms with Crippen LogP contribution in [0.3, 0.4) is 0 Å². The van der Waals surface area contributed by atoms with Gasteiger partial charge in [0.1, 0.15) is 4.21 Å². The van der Waals surface area contributed by atoms with Crippen molar-refractivity contribution in [1.82, 2.24) is 10.0 Å². The Morgan fingerprint density at radius 2 is 1.81 bits per heavy atom. The van der Waals surface area contributed by atoms with E-state index >= 15 is 0 Å². The molecule has 0 aliphatic heterocycles. The van der Waals surface area contributed by atoms with Crippen LogP contribution >= 0.6 is 11.3 Å². The molecule has 2 aromatic rings. The Morgan fingerprint density at radius 1 is 1.15 bits per heavy atom. The molecule has 2 heterocycles. The average molecular weight is 422 g/mol. The molecule has 26 heavy (non-hydrogen) atoms. The molecule has 0 radical (unpaired) electrons. The zero-order valence-corrected chi connectivity index (χ0v) is 16.7. The van der Waals surface area contributed by atoms with E-state index in [1.165, 1.54) is 24.3 Å². The monoisotopic (exact) mass is 421 g/mol. The van der Waals surface area contributed by atoms with E-state index in [1.54, 1.807) is 20.8 Å². The highest BCUT2D eigenvalue weighted by Gasteiger charge is 2.26. The Labute approximate surface area is 155 Å². The van der Waals surface area contributed by atoms with Gasteiger partial charge in [-0.05, 0) is 45.0 Å². The Hall–Kier alpha value is -1.73. The summed E-state index contributed by atoms with van der Waals surface area (Å²) in [6, 6.07) is 5.30. The lowest BCUT2D eigenvalue weighted by atomic mass is 10.1. The number of furan rings is 1. The largest absolute Gasteiger partial charge is 0.438 e. The number of carbonyl (C=O) groups is 1. The molecule has 0 spiro atoms. The van der Waals surface area contributed by atoms with Crippen LogP contribution in [-0.2, 0) is 26.6 Å². The normalized spacial score (nSPS) is 12.9. The predicted octanol–water partition coefficient (Wildman–Crippen LogP) is 0.995. The van der Waals surface area contributed by atoms with Crippen LogP contribution in [0.2, 0.25) is 0 Å². The highest BCUT2D eigenvalue weighted by molar-refractivity contribution is 7.91. The molecular weight excluding hydrogens is 402 g/mol. The molecule has 12 heteroatoms. The van der Waals surface area contributed by atoms with Gasteiger partial charge in [0, 0.05) is 10.4 Å². The van der Waals surface area contributed by atoms with E-state index in [-0.39, 0.29) is 21.6 Å². The molecule has 0 bridgehead atoms. The Bertz CT molecular complexity index is 1010. The molecular formula is C14H19N3O6S3. The summed E-state index contributed by atoms with van der Waals surface area (Å²) in [6.07, 6.45) is 0. The lowest BCUT2D eigenvalue weighted by molar-refractivity contribution is 0.0918. The second kappa shape index (κ2) is 7.12. The van der Waals surface area contributed by atoms with Gasteiger partial charge in [-0.15, -0.1) is 11.3 Å². The molecule has 144 valence electrons. The molecule has 0 saturated heterocycles. The fraction of sp³-hybridized carbons (Fsp3) is 0.357. The van der Waals surface area contributed by atoms with E-state index < -0.39 is 31.5 Å². The first-order chi connectivity index (χ1) is 11.8. The van der Waals surface area contributed by atoms with Gasteiger partial charge in [0.2, 0.25) is 15.1 Å². The molecule has 0 fully saturated rings. The molecule has 0 aromatic carbocycles. The highest BCUT2D eigenvalue weighted by Crippen LogP contribution is 2.20. The van der Waals surface area contributed by atoms with Gasteiger partial charge in [-0.2, -0.15) is 0 Å². The maximum absolute atomic E-state index is 12.2. The summed E-state index contributed by atoms with van der Waals surface area (Å²) < 4.78 is 54.3. The van der Waals surface area contributed by atoms with Crippen LogP contribution < -0.4 is 15.2 Å². The fourth-order valence-corrected chi connectivity index (χ4v) is 4.97. The number of primary sulfonamides is 1. The van der Waals surface area contributed by atoms with E-state index in [0.717, 1.165) is 11.3 Å². The first-order valence-electron chi connectivity index (χ1n) is 7.31. The number of hydrogen-bond donors (Lipinski definition) is 3. The van der Waals surface area contributed by atoms with Crippen LogP contribution in [-0.4, -0.2) is 28.3 Å². The zero-order valence-electron chi connectivity index (χ0n) is 14.3. The minimum absolute atomic E-state index is 0.0126. The van der Waals surface area contributed by atoms with Crippen LogP contribution in [0.15, 0.2) is 38.0 Å². The van der Waals surface area contributed by atoms with Crippen LogP contribution in [0, 0.1) is 0 Å². The van der Waals surface area contributed by atoms with E-state index in [4.69, 9.17) is 9.56 Å². The van der Waals surface area contributed by atoms with Gasteiger partial charge in [0.05, 0.1) is 6.54 Å². The third-order valence-corrected chi connectivity index (χ3v) is 7.01. The molecule has 1 amide bonds. The lowest BCUT2D eigenvalue weighted by Crippen LogP contribution is -2.40. The Kier molecular flexibility index (Phi) is 5.63. The van der Waals surface area contributed by atoms with Crippen molar-refractivity contribution in [3.8, 4) is 0 Å². The molecule has 0 atom stereocenters. The highest BCUT2D eigenvalue weighted by atomic mass is 32.2. The van der Waals surface area contributed by atoms with Crippen LogP contribution in [0.5, 0.6) is 0 Å². The van der Waals surface area contributed by atoms with E-state index in [9.17, 15) is 21.6 Å². The number of hydrogen-bond acceptors (Lipinski definition) is 7. The van der Waals surface area contributed by atoms with Crippen molar-refractivity contribution < 1.29 is 26.0 Å². The first-order valence-corrected chi connectivity index (χ1v) is 11.2. The number of thiophene rings is 1. The summed E-state index contributed by atoms with van der Waals surface area (Å²) in [6.45, 7) is 5.08. The minimum Gasteiger partial charge on any atom is -0.438 e. The quantitative estimate of drug-likeness (QED) is 0.633. The minimum atomic E-state index is -3.89. The van der Waals surface area contributed by atoms with Gasteiger partial charge in [-0.1, -0.05) is 0 Å². The second-order valence-electron chi connectivity index (χ2n) is 6.42. The van der Waals surface area contributed by atoms with Crippen molar-refractivity contribution in [3.63, 3.8) is 0 Å². The van der Waals surface area contributed by atoms with Gasteiger partial charge in [-0.25, -0.2) is 26.7 Å². The fourth-order valence-electron chi connectivity index (χ4n) is 1.90. The molecule has 9 nitrogen and oxygen atoms in total. The number of sulfonamides is 2. The Balaban J connectivity index is 2.05. The maximum atomic E-state index is 12.2. The van der Waals surface area contributed by atoms with Crippen molar-refractivity contribution in [3.05, 3.63) is 34.9 Å². The maximum Gasteiger partial charge on any atom is 0.287 e. The summed E-state index contributed by atoms with van der Waals surface area (Å²) >= 11 is 0.929. The smallest absolute Gasteiger partial charge is 0.287 e. The second-order valence-corrected chi connectivity index (χ2v) is 11.0.